The molecule has 7 heteroatoms. The van der Waals surface area contributed by atoms with Crippen LogP contribution >= 0.6 is 0 Å². The molecule has 2 aliphatic rings. The van der Waals surface area contributed by atoms with E-state index in [1.807, 2.05) is 16.8 Å². The van der Waals surface area contributed by atoms with Crippen LogP contribution in [0.25, 0.3) is 0 Å². The van der Waals surface area contributed by atoms with Gasteiger partial charge in [0.25, 0.3) is 0 Å². The Labute approximate surface area is 160 Å². The van der Waals surface area contributed by atoms with Gasteiger partial charge in [0.1, 0.15) is 5.82 Å². The summed E-state index contributed by atoms with van der Waals surface area (Å²) in [5, 5.41) is 18.1. The van der Waals surface area contributed by atoms with E-state index in [0.717, 1.165) is 42.0 Å². The monoisotopic (exact) mass is 389 g/mol. The Bertz CT molecular complexity index is 973. The number of nitrogens with one attached hydrogen (secondary N) is 1. The van der Waals surface area contributed by atoms with Crippen LogP contribution in [0.4, 0.5) is 11.5 Å². The lowest BCUT2D eigenvalue weighted by Gasteiger charge is -2.23. The summed E-state index contributed by atoms with van der Waals surface area (Å²) in [6, 6.07) is 7.52. The van der Waals surface area contributed by atoms with Gasteiger partial charge in [-0.15, -0.1) is 0 Å². The van der Waals surface area contributed by atoms with Gasteiger partial charge in [0.15, 0.2) is 9.84 Å². The van der Waals surface area contributed by atoms with Crippen LogP contribution in [0.3, 0.4) is 0 Å². The average Bonchev–Trinajstić information content (AvgIpc) is 3.25. The second-order valence-corrected chi connectivity index (χ2v) is 10.8. The Morgan fingerprint density at radius 3 is 2.67 bits per heavy atom. The number of benzene rings is 1. The number of nitrogens with zero attached hydrogens (tertiary/aromatic N) is 2. The fourth-order valence-corrected chi connectivity index (χ4v) is 5.63. The number of aliphatic hydroxyl groups excluding tert-OH is 1. The van der Waals surface area contributed by atoms with Gasteiger partial charge in [-0.05, 0) is 70.2 Å². The molecule has 0 saturated heterocycles. The first-order chi connectivity index (χ1) is 12.6. The van der Waals surface area contributed by atoms with Crippen LogP contribution in [-0.2, 0) is 21.8 Å². The third kappa shape index (κ3) is 3.50. The van der Waals surface area contributed by atoms with Crippen molar-refractivity contribution in [1.82, 2.24) is 9.78 Å². The van der Waals surface area contributed by atoms with Crippen molar-refractivity contribution in [2.45, 2.75) is 68.9 Å². The number of rotatable bonds is 3. The normalized spacial score (nSPS) is 24.1. The number of aliphatic hydroxyl groups is 1. The number of hydrogen-bond acceptors (Lipinski definition) is 5. The number of aryl methyl sites for hydroxylation is 1. The van der Waals surface area contributed by atoms with E-state index in [1.165, 1.54) is 0 Å². The highest BCUT2D eigenvalue weighted by atomic mass is 32.2. The summed E-state index contributed by atoms with van der Waals surface area (Å²) in [7, 11) is -3.11. The molecule has 2 N–H and O–H groups in total. The van der Waals surface area contributed by atoms with E-state index in [1.54, 1.807) is 6.07 Å². The third-order valence-electron chi connectivity index (χ3n) is 5.49. The second-order valence-electron chi connectivity index (χ2n) is 8.72. The molecule has 1 aromatic heterocycles. The molecule has 0 amide bonds. The SMILES string of the molecule is CC(C)(C)n1nc([C@H]2CC[C@@H](O)C2)cc1Nc1ccc2c(c1)CCS2(=O)=O. The van der Waals surface area contributed by atoms with Crippen LogP contribution in [0.15, 0.2) is 29.2 Å². The summed E-state index contributed by atoms with van der Waals surface area (Å²) in [5.74, 6) is 1.37. The van der Waals surface area contributed by atoms with Gasteiger partial charge in [0, 0.05) is 17.7 Å². The Morgan fingerprint density at radius 1 is 1.22 bits per heavy atom. The molecule has 1 aliphatic heterocycles. The standard InChI is InChI=1S/C20H27N3O3S/c1-20(2,3)23-19(12-17(22-23)13-4-6-16(24)11-13)21-15-5-7-18-14(10-15)8-9-27(18,25)26/h5,7,10,12-13,16,21,24H,4,6,8-9,11H2,1-3H3/t13-,16+/m0/s1. The van der Waals surface area contributed by atoms with Crippen LogP contribution in [0.1, 0.15) is 57.2 Å². The molecule has 6 nitrogen and oxygen atoms in total. The molecule has 0 unspecified atom stereocenters. The summed E-state index contributed by atoms with van der Waals surface area (Å²) in [5.41, 5.74) is 2.56. The lowest BCUT2D eigenvalue weighted by molar-refractivity contribution is 0.181. The maximum atomic E-state index is 12.0. The van der Waals surface area contributed by atoms with Crippen LogP contribution in [-0.4, -0.2) is 35.2 Å². The molecule has 146 valence electrons. The topological polar surface area (TPSA) is 84.2 Å². The molecule has 0 radical (unpaired) electrons. The van der Waals surface area contributed by atoms with E-state index in [-0.39, 0.29) is 23.3 Å². The molecule has 27 heavy (non-hydrogen) atoms. The molecule has 1 aliphatic carbocycles. The van der Waals surface area contributed by atoms with Gasteiger partial charge >= 0.3 is 0 Å². The van der Waals surface area contributed by atoms with Crippen molar-refractivity contribution in [2.24, 2.45) is 0 Å². The smallest absolute Gasteiger partial charge is 0.178 e. The average molecular weight is 390 g/mol. The molecular formula is C20H27N3O3S. The van der Waals surface area contributed by atoms with E-state index < -0.39 is 9.84 Å². The predicted octanol–water partition coefficient (Wildman–Crippen LogP) is 3.34. The molecule has 0 spiro atoms. The second kappa shape index (κ2) is 6.34. The van der Waals surface area contributed by atoms with E-state index in [9.17, 15) is 13.5 Å². The largest absolute Gasteiger partial charge is 0.393 e. The number of anilines is 2. The van der Waals surface area contributed by atoms with Crippen molar-refractivity contribution < 1.29 is 13.5 Å². The van der Waals surface area contributed by atoms with E-state index in [4.69, 9.17) is 5.10 Å². The van der Waals surface area contributed by atoms with Gasteiger partial charge in [0.2, 0.25) is 0 Å². The van der Waals surface area contributed by atoms with Gasteiger partial charge in [-0.25, -0.2) is 13.1 Å². The minimum absolute atomic E-state index is 0.194. The molecular weight excluding hydrogens is 362 g/mol. The van der Waals surface area contributed by atoms with Crippen LogP contribution in [0.5, 0.6) is 0 Å². The zero-order valence-electron chi connectivity index (χ0n) is 16.1. The number of hydrogen-bond donors (Lipinski definition) is 2. The van der Waals surface area contributed by atoms with E-state index in [0.29, 0.717) is 11.3 Å². The first-order valence-corrected chi connectivity index (χ1v) is 11.2. The molecule has 1 aromatic carbocycles. The highest BCUT2D eigenvalue weighted by Crippen LogP contribution is 2.37. The van der Waals surface area contributed by atoms with Crippen molar-refractivity contribution >= 4 is 21.3 Å². The van der Waals surface area contributed by atoms with Crippen molar-refractivity contribution in [2.75, 3.05) is 11.1 Å². The van der Waals surface area contributed by atoms with Gasteiger partial charge in [-0.2, -0.15) is 5.10 Å². The lowest BCUT2D eigenvalue weighted by Crippen LogP contribution is -2.24. The summed E-state index contributed by atoms with van der Waals surface area (Å²) < 4.78 is 26.0. The van der Waals surface area contributed by atoms with Gasteiger partial charge in [-0.3, -0.25) is 0 Å². The Balaban J connectivity index is 1.66. The summed E-state index contributed by atoms with van der Waals surface area (Å²) in [6.07, 6.45) is 2.88. The molecule has 2 atom stereocenters. The van der Waals surface area contributed by atoms with Gasteiger partial charge < -0.3 is 10.4 Å². The highest BCUT2D eigenvalue weighted by molar-refractivity contribution is 7.91. The molecule has 4 rings (SSSR count). The Morgan fingerprint density at radius 2 is 2.00 bits per heavy atom. The molecule has 1 saturated carbocycles. The number of fused-ring (bicyclic) bond motifs is 1. The quantitative estimate of drug-likeness (QED) is 0.841. The zero-order valence-corrected chi connectivity index (χ0v) is 16.9. The molecule has 2 heterocycles. The van der Waals surface area contributed by atoms with Crippen LogP contribution in [0.2, 0.25) is 0 Å². The third-order valence-corrected chi connectivity index (χ3v) is 7.30. The maximum Gasteiger partial charge on any atom is 0.178 e. The van der Waals surface area contributed by atoms with Crippen molar-refractivity contribution in [3.63, 3.8) is 0 Å². The fourth-order valence-electron chi connectivity index (χ4n) is 4.08. The van der Waals surface area contributed by atoms with Crippen LogP contribution < -0.4 is 5.32 Å². The molecule has 0 bridgehead atoms. The number of aromatic nitrogens is 2. The van der Waals surface area contributed by atoms with E-state index >= 15 is 0 Å². The minimum Gasteiger partial charge on any atom is -0.393 e. The highest BCUT2D eigenvalue weighted by Gasteiger charge is 2.30. The maximum absolute atomic E-state index is 12.0. The minimum atomic E-state index is -3.11. The predicted molar refractivity (Wildman–Crippen MR) is 105 cm³/mol. The van der Waals surface area contributed by atoms with E-state index in [2.05, 4.69) is 32.2 Å². The van der Waals surface area contributed by atoms with Crippen molar-refractivity contribution in [3.05, 3.63) is 35.5 Å². The molecule has 1 fully saturated rings. The zero-order chi connectivity index (χ0) is 19.4. The summed E-state index contributed by atoms with van der Waals surface area (Å²) in [6.45, 7) is 6.31. The van der Waals surface area contributed by atoms with Gasteiger partial charge in [0.05, 0.1) is 28.0 Å². The van der Waals surface area contributed by atoms with Gasteiger partial charge in [-0.1, -0.05) is 0 Å². The first kappa shape index (κ1) is 18.5. The van der Waals surface area contributed by atoms with Crippen molar-refractivity contribution in [3.8, 4) is 0 Å². The van der Waals surface area contributed by atoms with Crippen LogP contribution in [0, 0.1) is 0 Å². The summed E-state index contributed by atoms with van der Waals surface area (Å²) >= 11 is 0. The first-order valence-electron chi connectivity index (χ1n) is 9.55. The fraction of sp³-hybridized carbons (Fsp3) is 0.550. The van der Waals surface area contributed by atoms with Crippen molar-refractivity contribution in [1.29, 1.82) is 0 Å². The Kier molecular flexibility index (Phi) is 4.35. The summed E-state index contributed by atoms with van der Waals surface area (Å²) in [4.78, 5) is 0.456. The number of sulfone groups is 1. The molecule has 2 aromatic rings. The lowest BCUT2D eigenvalue weighted by atomic mass is 10.0. The Hall–Kier alpha value is -1.86.